The number of nitrogens with one attached hydrogen (secondary N) is 1. The van der Waals surface area contributed by atoms with Crippen LogP contribution >= 0.6 is 0 Å². The second-order valence-corrected chi connectivity index (χ2v) is 7.98. The second kappa shape index (κ2) is 8.52. The molecule has 0 saturated carbocycles. The molecule has 0 aliphatic carbocycles. The van der Waals surface area contributed by atoms with Crippen LogP contribution in [0.3, 0.4) is 0 Å². The zero-order chi connectivity index (χ0) is 22.8. The van der Waals surface area contributed by atoms with Gasteiger partial charge in [0.1, 0.15) is 11.6 Å². The summed E-state index contributed by atoms with van der Waals surface area (Å²) in [4.78, 5) is 17.2. The Hall–Kier alpha value is -4.17. The molecule has 2 aromatic carbocycles. The molecule has 5 nitrogen and oxygen atoms in total. The summed E-state index contributed by atoms with van der Waals surface area (Å²) in [5.41, 5.74) is 7.60. The first-order valence-corrected chi connectivity index (χ1v) is 10.4. The van der Waals surface area contributed by atoms with Crippen LogP contribution in [0.2, 0.25) is 0 Å². The van der Waals surface area contributed by atoms with E-state index < -0.39 is 5.91 Å². The van der Waals surface area contributed by atoms with Gasteiger partial charge in [0.15, 0.2) is 0 Å². The Bertz CT molecular complexity index is 1420. The fourth-order valence-electron chi connectivity index (χ4n) is 3.98. The Morgan fingerprint density at radius 2 is 1.88 bits per heavy atom. The number of nitrogens with zero attached hydrogens (tertiary/aromatic N) is 3. The van der Waals surface area contributed by atoms with Crippen LogP contribution in [0.5, 0.6) is 0 Å². The zero-order valence-electron chi connectivity index (χ0n) is 18.6. The van der Waals surface area contributed by atoms with Gasteiger partial charge in [-0.05, 0) is 81.3 Å². The molecule has 0 spiro atoms. The summed E-state index contributed by atoms with van der Waals surface area (Å²) in [5, 5.41) is 13.6. The molecule has 0 unspecified atom stereocenters. The summed E-state index contributed by atoms with van der Waals surface area (Å²) in [6, 6.07) is 19.9. The van der Waals surface area contributed by atoms with E-state index in [9.17, 15) is 10.1 Å². The smallest absolute Gasteiger partial charge is 0.266 e. The van der Waals surface area contributed by atoms with Gasteiger partial charge < -0.3 is 9.88 Å². The van der Waals surface area contributed by atoms with Crippen molar-refractivity contribution in [2.45, 2.75) is 27.7 Å². The Kier molecular flexibility index (Phi) is 5.61. The highest BCUT2D eigenvalue weighted by atomic mass is 16.1. The first kappa shape index (κ1) is 21.1. The van der Waals surface area contributed by atoms with E-state index in [-0.39, 0.29) is 5.57 Å². The minimum Gasteiger partial charge on any atom is -0.321 e. The van der Waals surface area contributed by atoms with Crippen LogP contribution in [0.1, 0.15) is 28.1 Å². The average molecular weight is 421 g/mol. The van der Waals surface area contributed by atoms with Gasteiger partial charge in [-0.25, -0.2) is 0 Å². The van der Waals surface area contributed by atoms with Gasteiger partial charge in [0, 0.05) is 34.3 Å². The number of aryl methyl sites for hydroxylation is 3. The van der Waals surface area contributed by atoms with Crippen molar-refractivity contribution in [1.29, 1.82) is 5.26 Å². The number of anilines is 1. The molecule has 0 aliphatic heterocycles. The molecule has 5 heteroatoms. The predicted octanol–water partition coefficient (Wildman–Crippen LogP) is 5.80. The number of carbonyl (C=O) groups excluding carboxylic acids is 1. The minimum atomic E-state index is -0.416. The van der Waals surface area contributed by atoms with E-state index in [1.54, 1.807) is 12.3 Å². The highest BCUT2D eigenvalue weighted by Gasteiger charge is 2.15. The van der Waals surface area contributed by atoms with Gasteiger partial charge in [-0.15, -0.1) is 0 Å². The third-order valence-corrected chi connectivity index (χ3v) is 5.61. The molecule has 158 valence electrons. The fraction of sp³-hybridized carbons (Fsp3) is 0.148. The normalized spacial score (nSPS) is 11.4. The number of aromatic nitrogens is 2. The molecule has 2 aromatic heterocycles. The number of nitriles is 1. The van der Waals surface area contributed by atoms with Gasteiger partial charge in [0.2, 0.25) is 0 Å². The van der Waals surface area contributed by atoms with Crippen molar-refractivity contribution in [3.05, 3.63) is 94.4 Å². The maximum atomic E-state index is 12.8. The molecule has 2 heterocycles. The van der Waals surface area contributed by atoms with Crippen LogP contribution < -0.4 is 5.32 Å². The lowest BCUT2D eigenvalue weighted by atomic mass is 10.1. The van der Waals surface area contributed by atoms with Crippen molar-refractivity contribution in [3.63, 3.8) is 0 Å². The molecule has 1 amide bonds. The molecule has 4 aromatic rings. The lowest BCUT2D eigenvalue weighted by molar-refractivity contribution is -0.112. The third kappa shape index (κ3) is 4.03. The number of carbonyl (C=O) groups is 1. The summed E-state index contributed by atoms with van der Waals surface area (Å²) < 4.78 is 2.12. The van der Waals surface area contributed by atoms with Gasteiger partial charge >= 0.3 is 0 Å². The summed E-state index contributed by atoms with van der Waals surface area (Å²) in [6.07, 6.45) is 3.43. The van der Waals surface area contributed by atoms with Gasteiger partial charge in [0.05, 0.1) is 5.52 Å². The van der Waals surface area contributed by atoms with E-state index in [0.29, 0.717) is 5.69 Å². The number of hydrogen-bond donors (Lipinski definition) is 1. The predicted molar refractivity (Wildman–Crippen MR) is 129 cm³/mol. The lowest BCUT2D eigenvalue weighted by Gasteiger charge is -2.11. The van der Waals surface area contributed by atoms with Crippen molar-refractivity contribution >= 4 is 28.6 Å². The molecule has 0 saturated heterocycles. The van der Waals surface area contributed by atoms with Crippen molar-refractivity contribution in [2.24, 2.45) is 0 Å². The zero-order valence-corrected chi connectivity index (χ0v) is 18.6. The standard InChI is InChI=1S/C27H24N4O/c1-17-7-9-25(18(2)12-17)30-27(32)23(16-28)14-22-13-19(3)31(20(22)4)24-8-10-26-21(15-24)6-5-11-29-26/h5-15H,1-4H3,(H,30,32)/b23-14-. The van der Waals surface area contributed by atoms with E-state index in [2.05, 4.69) is 27.0 Å². The van der Waals surface area contributed by atoms with E-state index in [0.717, 1.165) is 44.7 Å². The number of hydrogen-bond acceptors (Lipinski definition) is 3. The van der Waals surface area contributed by atoms with Crippen LogP contribution in [0.25, 0.3) is 22.7 Å². The van der Waals surface area contributed by atoms with E-state index in [1.165, 1.54) is 0 Å². The lowest BCUT2D eigenvalue weighted by Crippen LogP contribution is -2.14. The monoisotopic (exact) mass is 420 g/mol. The molecule has 32 heavy (non-hydrogen) atoms. The number of fused-ring (bicyclic) bond motifs is 1. The topological polar surface area (TPSA) is 70.7 Å². The van der Waals surface area contributed by atoms with Crippen molar-refractivity contribution < 1.29 is 4.79 Å². The van der Waals surface area contributed by atoms with Gasteiger partial charge in [-0.3, -0.25) is 9.78 Å². The van der Waals surface area contributed by atoms with Crippen LogP contribution in [-0.2, 0) is 4.79 Å². The maximum Gasteiger partial charge on any atom is 0.266 e. The molecule has 0 radical (unpaired) electrons. The van der Waals surface area contributed by atoms with Crippen LogP contribution in [0, 0.1) is 39.0 Å². The highest BCUT2D eigenvalue weighted by Crippen LogP contribution is 2.25. The number of rotatable bonds is 4. The Morgan fingerprint density at radius 1 is 1.06 bits per heavy atom. The van der Waals surface area contributed by atoms with Gasteiger partial charge in [-0.1, -0.05) is 23.8 Å². The molecular formula is C27H24N4O. The third-order valence-electron chi connectivity index (χ3n) is 5.61. The van der Waals surface area contributed by atoms with Crippen LogP contribution in [-0.4, -0.2) is 15.5 Å². The number of pyridine rings is 1. The molecule has 0 atom stereocenters. The Labute approximate surface area is 187 Å². The minimum absolute atomic E-state index is 0.0629. The Morgan fingerprint density at radius 3 is 2.62 bits per heavy atom. The largest absolute Gasteiger partial charge is 0.321 e. The SMILES string of the molecule is Cc1ccc(NC(=O)/C(C#N)=C\c2cc(C)n(-c3ccc4ncccc4c3)c2C)c(C)c1. The van der Waals surface area contributed by atoms with Crippen molar-refractivity contribution in [3.8, 4) is 11.8 Å². The summed E-state index contributed by atoms with van der Waals surface area (Å²) in [7, 11) is 0. The summed E-state index contributed by atoms with van der Waals surface area (Å²) in [5.74, 6) is -0.416. The quantitative estimate of drug-likeness (QED) is 0.335. The fourth-order valence-corrected chi connectivity index (χ4v) is 3.98. The highest BCUT2D eigenvalue weighted by molar-refractivity contribution is 6.10. The first-order valence-electron chi connectivity index (χ1n) is 10.4. The second-order valence-electron chi connectivity index (χ2n) is 7.98. The van der Waals surface area contributed by atoms with E-state index in [1.807, 2.05) is 76.2 Å². The number of benzene rings is 2. The molecule has 0 bridgehead atoms. The van der Waals surface area contributed by atoms with Crippen molar-refractivity contribution in [1.82, 2.24) is 9.55 Å². The molecule has 1 N–H and O–H groups in total. The molecule has 0 fully saturated rings. The van der Waals surface area contributed by atoms with Gasteiger partial charge in [-0.2, -0.15) is 5.26 Å². The summed E-state index contributed by atoms with van der Waals surface area (Å²) in [6.45, 7) is 7.94. The Balaban J connectivity index is 1.68. The number of amides is 1. The molecule has 0 aliphatic rings. The average Bonchev–Trinajstić information content (AvgIpc) is 3.06. The van der Waals surface area contributed by atoms with E-state index >= 15 is 0 Å². The maximum absolute atomic E-state index is 12.8. The molecule has 4 rings (SSSR count). The molecular weight excluding hydrogens is 396 g/mol. The first-order chi connectivity index (χ1) is 15.4. The van der Waals surface area contributed by atoms with E-state index in [4.69, 9.17) is 0 Å². The van der Waals surface area contributed by atoms with Gasteiger partial charge in [0.25, 0.3) is 5.91 Å². The van der Waals surface area contributed by atoms with Crippen molar-refractivity contribution in [2.75, 3.05) is 5.32 Å². The van der Waals surface area contributed by atoms with Crippen LogP contribution in [0.15, 0.2) is 66.4 Å². The summed E-state index contributed by atoms with van der Waals surface area (Å²) >= 11 is 0. The van der Waals surface area contributed by atoms with Crippen LogP contribution in [0.4, 0.5) is 5.69 Å².